The molecule has 0 amide bonds. The highest BCUT2D eigenvalue weighted by atomic mass is 15.1. The zero-order valence-corrected chi connectivity index (χ0v) is 9.52. The summed E-state index contributed by atoms with van der Waals surface area (Å²) in [6.45, 7) is 1.00. The minimum absolute atomic E-state index is 0.632. The first kappa shape index (κ1) is 10.1. The lowest BCUT2D eigenvalue weighted by molar-refractivity contribution is 0.503. The highest BCUT2D eigenvalue weighted by Crippen LogP contribution is 2.37. The molecule has 2 heterocycles. The molecule has 3 rings (SSSR count). The van der Waals surface area contributed by atoms with Gasteiger partial charge in [0.25, 0.3) is 0 Å². The number of hydrogen-bond acceptors (Lipinski definition) is 3. The molecule has 2 atom stereocenters. The third-order valence-electron chi connectivity index (χ3n) is 3.66. The molecule has 0 radical (unpaired) electrons. The molecule has 3 nitrogen and oxygen atoms in total. The van der Waals surface area contributed by atoms with Crippen LogP contribution < -0.4 is 10.6 Å². The van der Waals surface area contributed by atoms with Crippen LogP contribution in [-0.4, -0.2) is 23.6 Å². The Labute approximate surface area is 96.7 Å². The lowest BCUT2D eigenvalue weighted by Crippen LogP contribution is -2.35. The van der Waals surface area contributed by atoms with E-state index in [1.807, 2.05) is 24.4 Å². The van der Waals surface area contributed by atoms with Crippen molar-refractivity contribution in [2.75, 3.05) is 11.9 Å². The zero-order valence-electron chi connectivity index (χ0n) is 9.52. The van der Waals surface area contributed by atoms with Gasteiger partial charge in [-0.3, -0.25) is 0 Å². The number of anilines is 1. The Balaban J connectivity index is 1.46. The summed E-state index contributed by atoms with van der Waals surface area (Å²) in [6.07, 6.45) is 7.38. The lowest BCUT2D eigenvalue weighted by atomic mass is 10.1. The van der Waals surface area contributed by atoms with E-state index in [1.165, 1.54) is 25.7 Å². The van der Waals surface area contributed by atoms with Crippen LogP contribution in [0, 0.1) is 5.92 Å². The Morgan fingerprint density at radius 1 is 1.25 bits per heavy atom. The van der Waals surface area contributed by atoms with E-state index in [4.69, 9.17) is 0 Å². The molecule has 1 aliphatic heterocycles. The van der Waals surface area contributed by atoms with Gasteiger partial charge >= 0.3 is 0 Å². The van der Waals surface area contributed by atoms with Gasteiger partial charge in [-0.05, 0) is 43.7 Å². The molecule has 2 N–H and O–H groups in total. The van der Waals surface area contributed by atoms with Crippen LogP contribution in [0.25, 0.3) is 0 Å². The van der Waals surface area contributed by atoms with Crippen LogP contribution >= 0.6 is 0 Å². The van der Waals surface area contributed by atoms with E-state index in [0.717, 1.165) is 24.3 Å². The van der Waals surface area contributed by atoms with E-state index >= 15 is 0 Å². The molecule has 1 aromatic heterocycles. The molecule has 2 fully saturated rings. The van der Waals surface area contributed by atoms with Crippen LogP contribution in [0.5, 0.6) is 0 Å². The summed E-state index contributed by atoms with van der Waals surface area (Å²) in [5.74, 6) is 1.97. The van der Waals surface area contributed by atoms with E-state index in [0.29, 0.717) is 6.04 Å². The van der Waals surface area contributed by atoms with Gasteiger partial charge in [-0.15, -0.1) is 0 Å². The SMILES string of the molecule is c1ccc(NC[C@@H]2CCC(C3CC3)N2)nc1. The maximum Gasteiger partial charge on any atom is 0.125 e. The molecule has 1 aliphatic carbocycles. The largest absolute Gasteiger partial charge is 0.369 e. The number of pyridine rings is 1. The van der Waals surface area contributed by atoms with Crippen LogP contribution in [0.4, 0.5) is 5.82 Å². The highest BCUT2D eigenvalue weighted by Gasteiger charge is 2.35. The monoisotopic (exact) mass is 217 g/mol. The summed E-state index contributed by atoms with van der Waals surface area (Å²) in [5, 5.41) is 7.13. The maximum absolute atomic E-state index is 4.27. The van der Waals surface area contributed by atoms with Crippen molar-refractivity contribution in [3.63, 3.8) is 0 Å². The van der Waals surface area contributed by atoms with Crippen LogP contribution in [0.15, 0.2) is 24.4 Å². The Morgan fingerprint density at radius 2 is 2.19 bits per heavy atom. The van der Waals surface area contributed by atoms with Gasteiger partial charge in [0.15, 0.2) is 0 Å². The van der Waals surface area contributed by atoms with Crippen LogP contribution in [-0.2, 0) is 0 Å². The smallest absolute Gasteiger partial charge is 0.125 e. The summed E-state index contributed by atoms with van der Waals surface area (Å²) >= 11 is 0. The van der Waals surface area contributed by atoms with Crippen molar-refractivity contribution in [1.29, 1.82) is 0 Å². The van der Waals surface area contributed by atoms with Gasteiger partial charge in [0.1, 0.15) is 5.82 Å². The second kappa shape index (κ2) is 4.42. The zero-order chi connectivity index (χ0) is 10.8. The van der Waals surface area contributed by atoms with Crippen LogP contribution in [0.3, 0.4) is 0 Å². The van der Waals surface area contributed by atoms with Crippen LogP contribution in [0.2, 0.25) is 0 Å². The fourth-order valence-corrected chi connectivity index (χ4v) is 2.58. The highest BCUT2D eigenvalue weighted by molar-refractivity contribution is 5.33. The number of hydrogen-bond donors (Lipinski definition) is 2. The molecular formula is C13H19N3. The van der Waals surface area contributed by atoms with Crippen molar-refractivity contribution in [2.45, 2.75) is 37.8 Å². The summed E-state index contributed by atoms with van der Waals surface area (Å²) < 4.78 is 0. The Kier molecular flexibility index (Phi) is 2.79. The topological polar surface area (TPSA) is 37.0 Å². The molecular weight excluding hydrogens is 198 g/mol. The van der Waals surface area contributed by atoms with Crippen molar-refractivity contribution in [3.05, 3.63) is 24.4 Å². The van der Waals surface area contributed by atoms with Crippen molar-refractivity contribution in [2.24, 2.45) is 5.92 Å². The van der Waals surface area contributed by atoms with Gasteiger partial charge in [-0.2, -0.15) is 0 Å². The lowest BCUT2D eigenvalue weighted by Gasteiger charge is -2.14. The Morgan fingerprint density at radius 3 is 2.94 bits per heavy atom. The van der Waals surface area contributed by atoms with E-state index in [-0.39, 0.29) is 0 Å². The molecule has 1 saturated carbocycles. The van der Waals surface area contributed by atoms with Gasteiger partial charge in [-0.25, -0.2) is 4.98 Å². The molecule has 0 aromatic carbocycles. The van der Waals surface area contributed by atoms with Crippen molar-refractivity contribution < 1.29 is 0 Å². The van der Waals surface area contributed by atoms with Gasteiger partial charge < -0.3 is 10.6 Å². The predicted molar refractivity (Wildman–Crippen MR) is 65.4 cm³/mol. The third kappa shape index (κ3) is 2.35. The molecule has 1 aromatic rings. The first-order chi connectivity index (χ1) is 7.92. The van der Waals surface area contributed by atoms with Gasteiger partial charge in [0.05, 0.1) is 0 Å². The summed E-state index contributed by atoms with van der Waals surface area (Å²) in [6, 6.07) is 7.42. The molecule has 16 heavy (non-hydrogen) atoms. The van der Waals surface area contributed by atoms with Gasteiger partial charge in [0, 0.05) is 24.8 Å². The molecule has 1 unspecified atom stereocenters. The molecule has 2 aliphatic rings. The maximum atomic E-state index is 4.27. The minimum atomic E-state index is 0.632. The quantitative estimate of drug-likeness (QED) is 0.810. The fraction of sp³-hybridized carbons (Fsp3) is 0.615. The molecule has 3 heteroatoms. The number of nitrogens with one attached hydrogen (secondary N) is 2. The molecule has 0 bridgehead atoms. The average Bonchev–Trinajstić information content (AvgIpc) is 3.08. The van der Waals surface area contributed by atoms with Gasteiger partial charge in [0.2, 0.25) is 0 Å². The fourth-order valence-electron chi connectivity index (χ4n) is 2.58. The number of aromatic nitrogens is 1. The van der Waals surface area contributed by atoms with E-state index < -0.39 is 0 Å². The third-order valence-corrected chi connectivity index (χ3v) is 3.66. The normalized spacial score (nSPS) is 29.2. The molecule has 86 valence electrons. The van der Waals surface area contributed by atoms with Crippen molar-refractivity contribution in [3.8, 4) is 0 Å². The van der Waals surface area contributed by atoms with E-state index in [9.17, 15) is 0 Å². The standard InChI is InChI=1S/C13H19N3/c1-2-8-14-13(3-1)15-9-11-6-7-12(16-11)10-4-5-10/h1-3,8,10-12,16H,4-7,9H2,(H,14,15)/t11-,12?/m0/s1. The van der Waals surface area contributed by atoms with E-state index in [2.05, 4.69) is 15.6 Å². The first-order valence-corrected chi connectivity index (χ1v) is 6.33. The number of rotatable bonds is 4. The van der Waals surface area contributed by atoms with E-state index in [1.54, 1.807) is 0 Å². The Bertz CT molecular complexity index is 334. The first-order valence-electron chi connectivity index (χ1n) is 6.33. The Hall–Kier alpha value is -1.09. The average molecular weight is 217 g/mol. The summed E-state index contributed by atoms with van der Waals surface area (Å²) in [7, 11) is 0. The molecule has 0 spiro atoms. The number of nitrogens with zero attached hydrogens (tertiary/aromatic N) is 1. The van der Waals surface area contributed by atoms with Crippen molar-refractivity contribution in [1.82, 2.24) is 10.3 Å². The minimum Gasteiger partial charge on any atom is -0.369 e. The van der Waals surface area contributed by atoms with Gasteiger partial charge in [-0.1, -0.05) is 6.07 Å². The predicted octanol–water partition coefficient (Wildman–Crippen LogP) is 2.02. The second-order valence-corrected chi connectivity index (χ2v) is 4.98. The summed E-state index contributed by atoms with van der Waals surface area (Å²) in [4.78, 5) is 4.27. The van der Waals surface area contributed by atoms with Crippen molar-refractivity contribution >= 4 is 5.82 Å². The van der Waals surface area contributed by atoms with Crippen LogP contribution in [0.1, 0.15) is 25.7 Å². The molecule has 1 saturated heterocycles. The summed E-state index contributed by atoms with van der Waals surface area (Å²) in [5.41, 5.74) is 0. The second-order valence-electron chi connectivity index (χ2n) is 4.98.